The van der Waals surface area contributed by atoms with E-state index in [1.165, 1.54) is 14.0 Å². The van der Waals surface area contributed by atoms with Crippen LogP contribution in [0.1, 0.15) is 60.8 Å². The van der Waals surface area contributed by atoms with Gasteiger partial charge in [-0.25, -0.2) is 4.79 Å². The highest BCUT2D eigenvalue weighted by molar-refractivity contribution is 6.47. The molecule has 0 bridgehead atoms. The Kier molecular flexibility index (Phi) is 9.16. The number of ketones is 2. The lowest BCUT2D eigenvalue weighted by atomic mass is 9.50. The lowest BCUT2D eigenvalue weighted by Crippen LogP contribution is -2.63. The molecule has 1 saturated heterocycles. The molecule has 1 N–H and O–H groups in total. The van der Waals surface area contributed by atoms with Gasteiger partial charge < -0.3 is 29.1 Å². The number of fused-ring (bicyclic) bond motifs is 4. The van der Waals surface area contributed by atoms with Crippen molar-refractivity contribution in [3.63, 3.8) is 0 Å². The molecule has 228 valence electrons. The van der Waals surface area contributed by atoms with Crippen LogP contribution in [0.2, 0.25) is 0 Å². The number of ether oxygens (including phenoxy) is 3. The molecule has 0 aromatic rings. The third-order valence-corrected chi connectivity index (χ3v) is 10.2. The van der Waals surface area contributed by atoms with E-state index in [0.29, 0.717) is 43.5 Å². The number of likely N-dealkylation sites (N-methyl/N-ethyl adjacent to an activating group) is 2. The standard InChI is InChI=1S/C31H46N2O8/c1-8-32(9-2)13-14-33(10-3)16-19-25-28(37)27(36)24-20-11-12-22(35)30(20,5)15-21(40-18(4)34)26(24)31(25,6)23(17-39-7)41-29(19)38/h16,20-23,25,35H,8-15,17H2,1-7H3/b19-16+/t20?,21-,22+,23-,25?,30+,31+/m1/s1. The van der Waals surface area contributed by atoms with Gasteiger partial charge in [-0.2, -0.15) is 0 Å². The molecule has 7 atom stereocenters. The Morgan fingerprint density at radius 2 is 1.78 bits per heavy atom. The minimum Gasteiger partial charge on any atom is -0.458 e. The van der Waals surface area contributed by atoms with E-state index in [1.54, 1.807) is 6.20 Å². The van der Waals surface area contributed by atoms with E-state index in [9.17, 15) is 24.3 Å². The second-order valence-corrected chi connectivity index (χ2v) is 12.3. The highest BCUT2D eigenvalue weighted by Crippen LogP contribution is 2.63. The summed E-state index contributed by atoms with van der Waals surface area (Å²) < 4.78 is 17.4. The Balaban J connectivity index is 1.90. The van der Waals surface area contributed by atoms with Crippen LogP contribution in [0.5, 0.6) is 0 Å². The Morgan fingerprint density at radius 3 is 2.37 bits per heavy atom. The minimum atomic E-state index is -1.19. The molecule has 1 saturated carbocycles. The second-order valence-electron chi connectivity index (χ2n) is 12.3. The predicted octanol–water partition coefficient (Wildman–Crippen LogP) is 2.29. The number of hydrogen-bond acceptors (Lipinski definition) is 10. The summed E-state index contributed by atoms with van der Waals surface area (Å²) in [5.41, 5.74) is -0.943. The second kappa shape index (κ2) is 12.0. The smallest absolute Gasteiger partial charge is 0.336 e. The van der Waals surface area contributed by atoms with Gasteiger partial charge in [0.15, 0.2) is 0 Å². The Morgan fingerprint density at radius 1 is 1.10 bits per heavy atom. The summed E-state index contributed by atoms with van der Waals surface area (Å²) in [4.78, 5) is 58.4. The lowest BCUT2D eigenvalue weighted by Gasteiger charge is -2.56. The number of aliphatic hydroxyl groups is 1. The van der Waals surface area contributed by atoms with E-state index in [1.807, 2.05) is 25.7 Å². The minimum absolute atomic E-state index is 0.00106. The van der Waals surface area contributed by atoms with Crippen molar-refractivity contribution in [1.29, 1.82) is 0 Å². The van der Waals surface area contributed by atoms with Gasteiger partial charge in [-0.3, -0.25) is 14.4 Å². The van der Waals surface area contributed by atoms with Gasteiger partial charge in [0.25, 0.3) is 0 Å². The number of hydrogen-bond donors (Lipinski definition) is 1. The lowest BCUT2D eigenvalue weighted by molar-refractivity contribution is -0.175. The van der Waals surface area contributed by atoms with Gasteiger partial charge in [0.1, 0.15) is 12.2 Å². The molecule has 2 unspecified atom stereocenters. The summed E-state index contributed by atoms with van der Waals surface area (Å²) in [6, 6.07) is 0. The third-order valence-electron chi connectivity index (χ3n) is 10.2. The van der Waals surface area contributed by atoms with Crippen LogP contribution in [0, 0.1) is 22.7 Å². The fraction of sp³-hybridized carbons (Fsp3) is 0.742. The number of esters is 2. The first-order valence-corrected chi connectivity index (χ1v) is 14.9. The summed E-state index contributed by atoms with van der Waals surface area (Å²) in [5, 5.41) is 11.0. The summed E-state index contributed by atoms with van der Waals surface area (Å²) in [5.74, 6) is -3.99. The maximum absolute atomic E-state index is 14.2. The van der Waals surface area contributed by atoms with Crippen molar-refractivity contribution in [3.05, 3.63) is 22.9 Å². The number of rotatable bonds is 10. The third kappa shape index (κ3) is 5.16. The molecule has 0 spiro atoms. The molecular weight excluding hydrogens is 528 g/mol. The number of aliphatic hydroxyl groups excluding tert-OH is 1. The van der Waals surface area contributed by atoms with E-state index in [0.717, 1.165) is 19.6 Å². The maximum Gasteiger partial charge on any atom is 0.336 e. The summed E-state index contributed by atoms with van der Waals surface area (Å²) in [7, 11) is 1.49. The molecule has 1 aliphatic heterocycles. The van der Waals surface area contributed by atoms with Crippen LogP contribution in [0.25, 0.3) is 0 Å². The molecule has 4 aliphatic rings. The first kappa shape index (κ1) is 31.4. The summed E-state index contributed by atoms with van der Waals surface area (Å²) >= 11 is 0. The van der Waals surface area contributed by atoms with Crippen molar-refractivity contribution in [2.45, 2.75) is 79.1 Å². The average Bonchev–Trinajstić information content (AvgIpc) is 3.22. The van der Waals surface area contributed by atoms with Crippen molar-refractivity contribution in [2.24, 2.45) is 22.7 Å². The monoisotopic (exact) mass is 574 g/mol. The first-order chi connectivity index (χ1) is 19.4. The quantitative estimate of drug-likeness (QED) is 0.236. The number of cyclic esters (lactones) is 1. The van der Waals surface area contributed by atoms with Gasteiger partial charge in [-0.05, 0) is 50.8 Å². The molecule has 0 aromatic carbocycles. The summed E-state index contributed by atoms with van der Waals surface area (Å²) in [6.07, 6.45) is 0.556. The number of nitrogens with zero attached hydrogens (tertiary/aromatic N) is 2. The fourth-order valence-electron chi connectivity index (χ4n) is 7.81. The molecule has 2 fully saturated rings. The largest absolute Gasteiger partial charge is 0.458 e. The zero-order valence-electron chi connectivity index (χ0n) is 25.5. The van der Waals surface area contributed by atoms with E-state index >= 15 is 0 Å². The number of carbonyl (C=O) groups excluding carboxylic acids is 4. The number of methoxy groups -OCH3 is 1. The molecular formula is C31H46N2O8. The first-order valence-electron chi connectivity index (χ1n) is 14.9. The zero-order valence-corrected chi connectivity index (χ0v) is 25.5. The van der Waals surface area contributed by atoms with E-state index < -0.39 is 58.6 Å². The van der Waals surface area contributed by atoms with Crippen molar-refractivity contribution in [1.82, 2.24) is 9.80 Å². The normalized spacial score (nSPS) is 35.8. The van der Waals surface area contributed by atoms with Gasteiger partial charge in [-0.1, -0.05) is 27.7 Å². The number of allylic oxidation sites excluding steroid dienone is 1. The Labute approximate surface area is 243 Å². The molecule has 41 heavy (non-hydrogen) atoms. The Bertz CT molecular complexity index is 1140. The van der Waals surface area contributed by atoms with Gasteiger partial charge >= 0.3 is 11.9 Å². The van der Waals surface area contributed by atoms with Crippen molar-refractivity contribution in [3.8, 4) is 0 Å². The fourth-order valence-corrected chi connectivity index (χ4v) is 7.81. The van der Waals surface area contributed by atoms with Crippen LogP contribution in [-0.4, -0.2) is 103 Å². The molecule has 10 nitrogen and oxygen atoms in total. The highest BCUT2D eigenvalue weighted by Gasteiger charge is 2.67. The average molecular weight is 575 g/mol. The highest BCUT2D eigenvalue weighted by atomic mass is 16.6. The van der Waals surface area contributed by atoms with Crippen molar-refractivity contribution < 1.29 is 38.5 Å². The molecule has 3 aliphatic carbocycles. The van der Waals surface area contributed by atoms with E-state index in [-0.39, 0.29) is 18.1 Å². The molecule has 1 heterocycles. The molecule has 10 heteroatoms. The predicted molar refractivity (Wildman–Crippen MR) is 151 cm³/mol. The van der Waals surface area contributed by atoms with E-state index in [4.69, 9.17) is 14.2 Å². The van der Waals surface area contributed by atoms with Gasteiger partial charge in [-0.15, -0.1) is 0 Å². The number of Topliss-reactive ketones (excluding diaryl/α,β-unsaturated/α-hetero) is 2. The van der Waals surface area contributed by atoms with Gasteiger partial charge in [0, 0.05) is 56.3 Å². The summed E-state index contributed by atoms with van der Waals surface area (Å²) in [6.45, 7) is 15.0. The van der Waals surface area contributed by atoms with Crippen LogP contribution >= 0.6 is 0 Å². The molecule has 0 amide bonds. The van der Waals surface area contributed by atoms with Crippen LogP contribution in [0.15, 0.2) is 22.9 Å². The molecule has 0 aromatic heterocycles. The molecule has 4 rings (SSSR count). The van der Waals surface area contributed by atoms with Crippen LogP contribution in [-0.2, 0) is 33.4 Å². The van der Waals surface area contributed by atoms with Gasteiger partial charge in [0.05, 0.1) is 24.2 Å². The SMILES string of the molecule is CCN(/C=C1/C(=O)O[C@H](COC)[C@]2(C)C3=C(C(=O)C(=O)C12)C1CC[C@H](O)[C@@]1(C)C[C@H]3OC(C)=O)CCN(CC)CC. The van der Waals surface area contributed by atoms with Crippen molar-refractivity contribution in [2.75, 3.05) is 46.4 Å². The molecule has 0 radical (unpaired) electrons. The Hall–Kier alpha value is -2.56. The van der Waals surface area contributed by atoms with Crippen LogP contribution in [0.4, 0.5) is 0 Å². The van der Waals surface area contributed by atoms with Gasteiger partial charge in [0.2, 0.25) is 11.6 Å². The number of carbonyl (C=O) groups is 4. The zero-order chi connectivity index (χ0) is 30.3. The van der Waals surface area contributed by atoms with Crippen molar-refractivity contribution >= 4 is 23.5 Å². The van der Waals surface area contributed by atoms with Crippen LogP contribution < -0.4 is 0 Å². The van der Waals surface area contributed by atoms with Crippen LogP contribution in [0.3, 0.4) is 0 Å². The maximum atomic E-state index is 14.2. The topological polar surface area (TPSA) is 123 Å². The van der Waals surface area contributed by atoms with E-state index in [2.05, 4.69) is 18.7 Å².